The smallest absolute Gasteiger partial charge is 0.230 e. The minimum Gasteiger partial charge on any atom is -0.349 e. The fraction of sp³-hybridized carbons (Fsp3) is 0.188. The zero-order valence-electron chi connectivity index (χ0n) is 11.2. The summed E-state index contributed by atoms with van der Waals surface area (Å²) in [6.07, 6.45) is 0. The highest BCUT2D eigenvalue weighted by atomic mass is 32.2. The van der Waals surface area contributed by atoms with Crippen LogP contribution in [0.3, 0.4) is 0 Å². The van der Waals surface area contributed by atoms with Crippen molar-refractivity contribution in [3.63, 3.8) is 0 Å². The Labute approximate surface area is 122 Å². The topological polar surface area (TPSA) is 29.1 Å². The summed E-state index contributed by atoms with van der Waals surface area (Å²) in [6, 6.07) is 15.8. The van der Waals surface area contributed by atoms with Gasteiger partial charge in [0, 0.05) is 4.90 Å². The zero-order valence-corrected chi connectivity index (χ0v) is 12.0. The first-order valence-corrected chi connectivity index (χ1v) is 7.36. The van der Waals surface area contributed by atoms with E-state index in [9.17, 15) is 9.18 Å². The van der Waals surface area contributed by atoms with Crippen LogP contribution in [0.4, 0.5) is 4.39 Å². The Bertz CT molecular complexity index is 556. The van der Waals surface area contributed by atoms with E-state index in [-0.39, 0.29) is 17.8 Å². The van der Waals surface area contributed by atoms with Crippen molar-refractivity contribution in [2.24, 2.45) is 0 Å². The number of rotatable bonds is 5. The quantitative estimate of drug-likeness (QED) is 0.848. The molecule has 0 aromatic heterocycles. The van der Waals surface area contributed by atoms with Gasteiger partial charge in [0.15, 0.2) is 0 Å². The van der Waals surface area contributed by atoms with Gasteiger partial charge in [-0.15, -0.1) is 11.8 Å². The molecule has 0 fully saturated rings. The van der Waals surface area contributed by atoms with Crippen LogP contribution < -0.4 is 5.32 Å². The van der Waals surface area contributed by atoms with Gasteiger partial charge in [0.05, 0.1) is 11.8 Å². The van der Waals surface area contributed by atoms with Gasteiger partial charge in [-0.25, -0.2) is 4.39 Å². The van der Waals surface area contributed by atoms with Crippen molar-refractivity contribution in [2.45, 2.75) is 17.9 Å². The number of hydrogen-bond donors (Lipinski definition) is 1. The van der Waals surface area contributed by atoms with Crippen LogP contribution in [0.5, 0.6) is 0 Å². The Morgan fingerprint density at radius 2 is 1.80 bits per heavy atom. The molecule has 1 amide bonds. The number of thioether (sulfide) groups is 1. The summed E-state index contributed by atoms with van der Waals surface area (Å²) in [5.41, 5.74) is 0.893. The Morgan fingerprint density at radius 3 is 2.45 bits per heavy atom. The van der Waals surface area contributed by atoms with Crippen LogP contribution in [0, 0.1) is 5.82 Å². The van der Waals surface area contributed by atoms with E-state index in [4.69, 9.17) is 0 Å². The fourth-order valence-electron chi connectivity index (χ4n) is 1.78. The van der Waals surface area contributed by atoms with E-state index in [1.165, 1.54) is 23.9 Å². The average Bonchev–Trinajstić information content (AvgIpc) is 2.47. The molecule has 1 N–H and O–H groups in total. The van der Waals surface area contributed by atoms with Crippen molar-refractivity contribution >= 4 is 17.7 Å². The standard InChI is InChI=1S/C16H16FNOS/c1-12(13-7-9-14(17)10-8-13)18-16(19)11-20-15-5-3-2-4-6-15/h2-10,12H,11H2,1H3,(H,18,19)/t12-/m1/s1. The molecule has 0 spiro atoms. The lowest BCUT2D eigenvalue weighted by Crippen LogP contribution is -2.28. The van der Waals surface area contributed by atoms with Gasteiger partial charge in [-0.05, 0) is 36.8 Å². The summed E-state index contributed by atoms with van der Waals surface area (Å²) < 4.78 is 12.8. The van der Waals surface area contributed by atoms with Crippen LogP contribution in [0.15, 0.2) is 59.5 Å². The van der Waals surface area contributed by atoms with Crippen molar-refractivity contribution in [1.82, 2.24) is 5.32 Å². The second-order valence-electron chi connectivity index (χ2n) is 4.44. The molecular weight excluding hydrogens is 273 g/mol. The highest BCUT2D eigenvalue weighted by Crippen LogP contribution is 2.17. The number of nitrogens with one attached hydrogen (secondary N) is 1. The van der Waals surface area contributed by atoms with E-state index >= 15 is 0 Å². The largest absolute Gasteiger partial charge is 0.349 e. The SMILES string of the molecule is C[C@@H](NC(=O)CSc1ccccc1)c1ccc(F)cc1. The van der Waals surface area contributed by atoms with Crippen LogP contribution in [0.25, 0.3) is 0 Å². The molecule has 0 unspecified atom stereocenters. The first-order chi connectivity index (χ1) is 9.65. The van der Waals surface area contributed by atoms with Gasteiger partial charge in [0.25, 0.3) is 0 Å². The molecule has 0 aliphatic carbocycles. The molecule has 2 aromatic carbocycles. The number of carbonyl (C=O) groups is 1. The molecule has 2 aromatic rings. The Kier molecular flexibility index (Phi) is 5.18. The molecule has 4 heteroatoms. The minimum absolute atomic E-state index is 0.0318. The molecule has 0 heterocycles. The summed E-state index contributed by atoms with van der Waals surface area (Å²) in [5, 5.41) is 2.90. The number of carbonyl (C=O) groups excluding carboxylic acids is 1. The number of halogens is 1. The highest BCUT2D eigenvalue weighted by molar-refractivity contribution is 8.00. The van der Waals surface area contributed by atoms with Gasteiger partial charge in [-0.1, -0.05) is 30.3 Å². The normalized spacial score (nSPS) is 11.9. The Hall–Kier alpha value is -1.81. The summed E-state index contributed by atoms with van der Waals surface area (Å²) in [6.45, 7) is 1.89. The van der Waals surface area contributed by atoms with Gasteiger partial charge in [-0.2, -0.15) is 0 Å². The summed E-state index contributed by atoms with van der Waals surface area (Å²) in [7, 11) is 0. The van der Waals surface area contributed by atoms with E-state index in [2.05, 4.69) is 5.32 Å². The van der Waals surface area contributed by atoms with Crippen LogP contribution in [-0.4, -0.2) is 11.7 Å². The lowest BCUT2D eigenvalue weighted by Gasteiger charge is -2.14. The predicted octanol–water partition coefficient (Wildman–Crippen LogP) is 3.80. The molecule has 0 aliphatic rings. The summed E-state index contributed by atoms with van der Waals surface area (Å²) >= 11 is 1.50. The van der Waals surface area contributed by atoms with Gasteiger partial charge in [0.1, 0.15) is 5.82 Å². The number of benzene rings is 2. The molecule has 0 aliphatic heterocycles. The van der Waals surface area contributed by atoms with Crippen LogP contribution in [-0.2, 0) is 4.79 Å². The molecule has 104 valence electrons. The lowest BCUT2D eigenvalue weighted by atomic mass is 10.1. The number of amides is 1. The third-order valence-corrected chi connectivity index (χ3v) is 3.87. The van der Waals surface area contributed by atoms with Crippen LogP contribution >= 0.6 is 11.8 Å². The van der Waals surface area contributed by atoms with E-state index in [1.807, 2.05) is 37.3 Å². The summed E-state index contributed by atoms with van der Waals surface area (Å²) in [5.74, 6) is 0.0674. The Balaban J connectivity index is 1.83. The van der Waals surface area contributed by atoms with E-state index in [1.54, 1.807) is 12.1 Å². The molecule has 2 nitrogen and oxygen atoms in total. The molecule has 0 bridgehead atoms. The molecular formula is C16H16FNOS. The molecule has 0 saturated carbocycles. The Morgan fingerprint density at radius 1 is 1.15 bits per heavy atom. The molecule has 0 saturated heterocycles. The van der Waals surface area contributed by atoms with Gasteiger partial charge in [0.2, 0.25) is 5.91 Å². The molecule has 2 rings (SSSR count). The fourth-order valence-corrected chi connectivity index (χ4v) is 2.51. The second-order valence-corrected chi connectivity index (χ2v) is 5.49. The van der Waals surface area contributed by atoms with E-state index in [0.717, 1.165) is 10.5 Å². The first kappa shape index (κ1) is 14.6. The lowest BCUT2D eigenvalue weighted by molar-refractivity contribution is -0.119. The molecule has 1 atom stereocenters. The van der Waals surface area contributed by atoms with Crippen molar-refractivity contribution in [3.8, 4) is 0 Å². The summed E-state index contributed by atoms with van der Waals surface area (Å²) in [4.78, 5) is 12.9. The third kappa shape index (κ3) is 4.38. The van der Waals surface area contributed by atoms with E-state index < -0.39 is 0 Å². The van der Waals surface area contributed by atoms with Crippen LogP contribution in [0.2, 0.25) is 0 Å². The van der Waals surface area contributed by atoms with Crippen molar-refractivity contribution in [3.05, 3.63) is 66.0 Å². The molecule has 20 heavy (non-hydrogen) atoms. The molecule has 0 radical (unpaired) electrons. The zero-order chi connectivity index (χ0) is 14.4. The third-order valence-electron chi connectivity index (χ3n) is 2.86. The average molecular weight is 289 g/mol. The second kappa shape index (κ2) is 7.10. The van der Waals surface area contributed by atoms with Crippen molar-refractivity contribution in [2.75, 3.05) is 5.75 Å². The van der Waals surface area contributed by atoms with Crippen molar-refractivity contribution < 1.29 is 9.18 Å². The van der Waals surface area contributed by atoms with Crippen molar-refractivity contribution in [1.29, 1.82) is 0 Å². The van der Waals surface area contributed by atoms with Crippen LogP contribution in [0.1, 0.15) is 18.5 Å². The predicted molar refractivity (Wildman–Crippen MR) is 80.1 cm³/mol. The van der Waals surface area contributed by atoms with Gasteiger partial charge < -0.3 is 5.32 Å². The van der Waals surface area contributed by atoms with E-state index in [0.29, 0.717) is 5.75 Å². The van der Waals surface area contributed by atoms with Gasteiger partial charge in [-0.3, -0.25) is 4.79 Å². The maximum atomic E-state index is 12.8. The maximum absolute atomic E-state index is 12.8. The maximum Gasteiger partial charge on any atom is 0.230 e. The number of hydrogen-bond acceptors (Lipinski definition) is 2. The first-order valence-electron chi connectivity index (χ1n) is 6.38. The minimum atomic E-state index is -0.271. The van der Waals surface area contributed by atoms with Gasteiger partial charge >= 0.3 is 0 Å². The highest BCUT2D eigenvalue weighted by Gasteiger charge is 2.09. The monoisotopic (exact) mass is 289 g/mol.